The molecule has 0 aliphatic rings. The summed E-state index contributed by atoms with van der Waals surface area (Å²) in [4.78, 5) is 5.44. The van der Waals surface area contributed by atoms with E-state index in [-0.39, 0.29) is 23.1 Å². The van der Waals surface area contributed by atoms with Crippen LogP contribution in [0.3, 0.4) is 0 Å². The number of sulfonamides is 1. The van der Waals surface area contributed by atoms with Crippen molar-refractivity contribution in [2.75, 3.05) is 25.5 Å². The van der Waals surface area contributed by atoms with Crippen LogP contribution in [0, 0.1) is 13.8 Å². The summed E-state index contributed by atoms with van der Waals surface area (Å²) in [7, 11) is 0.208. The number of benzene rings is 2. The van der Waals surface area contributed by atoms with Gasteiger partial charge in [-0.05, 0) is 43.2 Å². The van der Waals surface area contributed by atoms with Crippen molar-refractivity contribution in [1.29, 1.82) is 0 Å². The Balaban J connectivity index is 1.72. The van der Waals surface area contributed by atoms with Crippen molar-refractivity contribution in [3.05, 3.63) is 77.3 Å². The molecule has 2 aromatic heterocycles. The van der Waals surface area contributed by atoms with Crippen LogP contribution in [0.25, 0.3) is 10.9 Å². The number of aryl methyl sites for hydroxylation is 2. The largest absolute Gasteiger partial charge is 0.378 e. The predicted octanol–water partition coefficient (Wildman–Crippen LogP) is 3.95. The molecule has 4 aromatic rings. The Bertz CT molecular complexity index is 1280. The number of hydrogen-bond donors (Lipinski definition) is 2. The Morgan fingerprint density at radius 2 is 1.81 bits per heavy atom. The van der Waals surface area contributed by atoms with Gasteiger partial charge in [0.25, 0.3) is 0 Å². The molecule has 2 heterocycles. The topological polar surface area (TPSA) is 91.2 Å². The summed E-state index contributed by atoms with van der Waals surface area (Å²) in [6, 6.07) is 16.2. The second kappa shape index (κ2) is 8.20. The molecule has 0 radical (unpaired) electrons. The molecule has 0 spiro atoms. The highest BCUT2D eigenvalue weighted by Gasteiger charge is 2.27. The van der Waals surface area contributed by atoms with Crippen LogP contribution in [0.5, 0.6) is 0 Å². The van der Waals surface area contributed by atoms with Crippen molar-refractivity contribution in [2.24, 2.45) is 0 Å². The van der Waals surface area contributed by atoms with Crippen LogP contribution < -0.4 is 9.62 Å². The van der Waals surface area contributed by atoms with Gasteiger partial charge in [-0.1, -0.05) is 35.5 Å². The number of aromatic amines is 1. The van der Waals surface area contributed by atoms with Gasteiger partial charge in [0.1, 0.15) is 10.6 Å². The summed E-state index contributed by atoms with van der Waals surface area (Å²) >= 11 is 0. The first-order valence-corrected chi connectivity index (χ1v) is 11.5. The van der Waals surface area contributed by atoms with Crippen LogP contribution in [0.15, 0.2) is 64.1 Å². The van der Waals surface area contributed by atoms with Crippen LogP contribution in [0.2, 0.25) is 0 Å². The van der Waals surface area contributed by atoms with E-state index in [4.69, 9.17) is 4.52 Å². The van der Waals surface area contributed by atoms with Crippen LogP contribution in [0.1, 0.15) is 28.5 Å². The Kier molecular flexibility index (Phi) is 5.60. The van der Waals surface area contributed by atoms with E-state index in [0.29, 0.717) is 5.69 Å². The summed E-state index contributed by atoms with van der Waals surface area (Å²) < 4.78 is 33.9. The fraction of sp³-hybridized carbons (Fsp3) is 0.261. The van der Waals surface area contributed by atoms with Gasteiger partial charge in [-0.15, -0.1) is 0 Å². The molecule has 162 valence electrons. The fourth-order valence-electron chi connectivity index (χ4n) is 3.92. The molecule has 0 aliphatic carbocycles. The summed E-state index contributed by atoms with van der Waals surface area (Å²) in [6.45, 7) is 3.43. The Morgan fingerprint density at radius 3 is 2.45 bits per heavy atom. The van der Waals surface area contributed by atoms with Crippen molar-refractivity contribution in [2.45, 2.75) is 24.7 Å². The molecule has 7 nitrogen and oxygen atoms in total. The molecule has 0 saturated heterocycles. The highest BCUT2D eigenvalue weighted by Crippen LogP contribution is 2.32. The first-order valence-electron chi connectivity index (χ1n) is 10.0. The lowest BCUT2D eigenvalue weighted by Gasteiger charge is -2.20. The Labute approximate surface area is 182 Å². The highest BCUT2D eigenvalue weighted by atomic mass is 32.2. The molecule has 8 heteroatoms. The SMILES string of the molecule is Cc1noc(C)c1S(=O)(=O)NC[C@@H](c1ccc(N(C)C)cc1)c1c[nH]c2ccccc12. The number of H-pyrrole nitrogens is 1. The van der Waals surface area contributed by atoms with E-state index in [2.05, 4.69) is 14.9 Å². The third kappa shape index (κ3) is 4.08. The molecule has 2 N–H and O–H groups in total. The first kappa shape index (κ1) is 21.1. The maximum absolute atomic E-state index is 13.0. The molecule has 31 heavy (non-hydrogen) atoms. The van der Waals surface area contributed by atoms with E-state index in [1.807, 2.05) is 73.7 Å². The van der Waals surface area contributed by atoms with E-state index >= 15 is 0 Å². The van der Waals surface area contributed by atoms with E-state index in [0.717, 1.165) is 27.7 Å². The molecule has 0 aliphatic heterocycles. The van der Waals surface area contributed by atoms with E-state index in [1.54, 1.807) is 13.8 Å². The maximum Gasteiger partial charge on any atom is 0.245 e. The van der Waals surface area contributed by atoms with Gasteiger partial charge < -0.3 is 14.4 Å². The second-order valence-corrected chi connectivity index (χ2v) is 9.54. The van der Waals surface area contributed by atoms with Gasteiger partial charge >= 0.3 is 0 Å². The summed E-state index contributed by atoms with van der Waals surface area (Å²) in [5.41, 5.74) is 4.51. The van der Waals surface area contributed by atoms with Gasteiger partial charge in [0, 0.05) is 49.3 Å². The molecule has 0 fully saturated rings. The van der Waals surface area contributed by atoms with Gasteiger partial charge in [-0.25, -0.2) is 13.1 Å². The van der Waals surface area contributed by atoms with E-state index in [1.165, 1.54) is 0 Å². The van der Waals surface area contributed by atoms with Crippen LogP contribution in [0.4, 0.5) is 5.69 Å². The molecule has 4 rings (SSSR count). The maximum atomic E-state index is 13.0. The number of para-hydroxylation sites is 1. The van der Waals surface area contributed by atoms with Crippen LogP contribution >= 0.6 is 0 Å². The van der Waals surface area contributed by atoms with Gasteiger partial charge in [0.15, 0.2) is 5.76 Å². The normalized spacial score (nSPS) is 12.9. The van der Waals surface area contributed by atoms with Crippen molar-refractivity contribution >= 4 is 26.6 Å². The third-order valence-corrected chi connectivity index (χ3v) is 7.19. The standard InChI is InChI=1S/C23H26N4O3S/c1-15-23(16(2)30-26-15)31(28,29)25-14-20(17-9-11-18(12-10-17)27(3)4)21-13-24-22-8-6-5-7-19(21)22/h5-13,20,24-25H,14H2,1-4H3/t20-/m0/s1. The zero-order valence-electron chi connectivity index (χ0n) is 18.0. The minimum absolute atomic E-state index is 0.105. The number of nitrogens with one attached hydrogen (secondary N) is 2. The molecule has 2 aromatic carbocycles. The fourth-order valence-corrected chi connectivity index (χ4v) is 5.29. The van der Waals surface area contributed by atoms with Crippen molar-refractivity contribution in [3.63, 3.8) is 0 Å². The van der Waals surface area contributed by atoms with Gasteiger partial charge in [0.2, 0.25) is 10.0 Å². The van der Waals surface area contributed by atoms with Gasteiger partial charge in [-0.2, -0.15) is 0 Å². The number of aromatic nitrogens is 2. The second-order valence-electron chi connectivity index (χ2n) is 7.83. The average Bonchev–Trinajstić information content (AvgIpc) is 3.32. The molecule has 0 bridgehead atoms. The first-order chi connectivity index (χ1) is 14.8. The number of fused-ring (bicyclic) bond motifs is 1. The molecular weight excluding hydrogens is 412 g/mol. The molecule has 0 saturated carbocycles. The lowest BCUT2D eigenvalue weighted by Crippen LogP contribution is -2.29. The van der Waals surface area contributed by atoms with Crippen molar-refractivity contribution in [1.82, 2.24) is 14.9 Å². The van der Waals surface area contributed by atoms with Gasteiger partial charge in [-0.3, -0.25) is 0 Å². The zero-order valence-corrected chi connectivity index (χ0v) is 18.8. The highest BCUT2D eigenvalue weighted by molar-refractivity contribution is 7.89. The summed E-state index contributed by atoms with van der Waals surface area (Å²) in [5.74, 6) is 0.103. The average molecular weight is 439 g/mol. The lowest BCUT2D eigenvalue weighted by molar-refractivity contribution is 0.390. The van der Waals surface area contributed by atoms with Crippen molar-refractivity contribution < 1.29 is 12.9 Å². The lowest BCUT2D eigenvalue weighted by atomic mass is 9.91. The Morgan fingerprint density at radius 1 is 1.10 bits per heavy atom. The minimum atomic E-state index is -3.77. The minimum Gasteiger partial charge on any atom is -0.378 e. The molecule has 0 unspecified atom stereocenters. The number of hydrogen-bond acceptors (Lipinski definition) is 5. The predicted molar refractivity (Wildman–Crippen MR) is 122 cm³/mol. The van der Waals surface area contributed by atoms with E-state index < -0.39 is 10.0 Å². The third-order valence-electron chi connectivity index (χ3n) is 5.52. The molecular formula is C23H26N4O3S. The van der Waals surface area contributed by atoms with Crippen LogP contribution in [-0.2, 0) is 10.0 Å². The molecule has 0 amide bonds. The summed E-state index contributed by atoms with van der Waals surface area (Å²) in [5, 5.41) is 4.85. The zero-order chi connectivity index (χ0) is 22.2. The number of rotatable bonds is 7. The Hall–Kier alpha value is -3.10. The van der Waals surface area contributed by atoms with E-state index in [9.17, 15) is 8.42 Å². The van der Waals surface area contributed by atoms with Crippen molar-refractivity contribution in [3.8, 4) is 0 Å². The molecule has 1 atom stereocenters. The van der Waals surface area contributed by atoms with Gasteiger partial charge in [0.05, 0.1) is 0 Å². The van der Waals surface area contributed by atoms with Crippen LogP contribution in [-0.4, -0.2) is 39.2 Å². The number of nitrogens with zero attached hydrogens (tertiary/aromatic N) is 2. The smallest absolute Gasteiger partial charge is 0.245 e. The quantitative estimate of drug-likeness (QED) is 0.456. The monoisotopic (exact) mass is 438 g/mol. The number of anilines is 1. The summed E-state index contributed by atoms with van der Waals surface area (Å²) in [6.07, 6.45) is 1.96.